The van der Waals surface area contributed by atoms with E-state index in [1.807, 2.05) is 12.4 Å². The van der Waals surface area contributed by atoms with E-state index in [2.05, 4.69) is 22.0 Å². The van der Waals surface area contributed by atoms with Gasteiger partial charge in [-0.05, 0) is 49.3 Å². The average Bonchev–Trinajstić information content (AvgIpc) is 3.27. The molecule has 0 radical (unpaired) electrons. The fourth-order valence-electron chi connectivity index (χ4n) is 3.13. The van der Waals surface area contributed by atoms with Crippen LogP contribution >= 0.6 is 0 Å². The van der Waals surface area contributed by atoms with Gasteiger partial charge >= 0.3 is 0 Å². The Morgan fingerprint density at radius 2 is 2.05 bits per heavy atom. The fourth-order valence-corrected chi connectivity index (χ4v) is 3.13. The van der Waals surface area contributed by atoms with Gasteiger partial charge in [-0.2, -0.15) is 0 Å². The summed E-state index contributed by atoms with van der Waals surface area (Å²) in [5.41, 5.74) is 1.35. The van der Waals surface area contributed by atoms with Crippen molar-refractivity contribution in [3.05, 3.63) is 30.1 Å². The predicted octanol–water partition coefficient (Wildman–Crippen LogP) is 2.14. The van der Waals surface area contributed by atoms with Gasteiger partial charge in [-0.15, -0.1) is 0 Å². The standard InChI is InChI=1S/C17H26N2O2/c1-20-11-10-19-9-6-17(21-13-15-2-3-15)16(19)12-14-4-7-18-8-5-14/h4-5,7-8,15-17H,2-3,6,9-13H2,1H3/t16-,17-/m1/s1. The molecule has 0 amide bonds. The number of nitrogens with zero attached hydrogens (tertiary/aromatic N) is 2. The highest BCUT2D eigenvalue weighted by Crippen LogP contribution is 2.31. The van der Waals surface area contributed by atoms with Crippen LogP contribution in [0, 0.1) is 5.92 Å². The highest BCUT2D eigenvalue weighted by atomic mass is 16.5. The van der Waals surface area contributed by atoms with E-state index < -0.39 is 0 Å². The third kappa shape index (κ3) is 4.25. The minimum atomic E-state index is 0.371. The first-order valence-electron chi connectivity index (χ1n) is 8.10. The topological polar surface area (TPSA) is 34.6 Å². The molecule has 116 valence electrons. The highest BCUT2D eigenvalue weighted by Gasteiger charge is 2.35. The minimum Gasteiger partial charge on any atom is -0.383 e. The molecule has 1 saturated carbocycles. The lowest BCUT2D eigenvalue weighted by Crippen LogP contribution is -2.40. The molecule has 0 spiro atoms. The van der Waals surface area contributed by atoms with E-state index in [1.165, 1.54) is 18.4 Å². The van der Waals surface area contributed by atoms with Gasteiger partial charge in [-0.3, -0.25) is 9.88 Å². The molecule has 1 aromatic heterocycles. The summed E-state index contributed by atoms with van der Waals surface area (Å²) < 4.78 is 11.5. The molecule has 1 aliphatic carbocycles. The molecular formula is C17H26N2O2. The monoisotopic (exact) mass is 290 g/mol. The molecule has 4 heteroatoms. The molecule has 0 N–H and O–H groups in total. The summed E-state index contributed by atoms with van der Waals surface area (Å²) in [5, 5.41) is 0. The number of hydrogen-bond acceptors (Lipinski definition) is 4. The van der Waals surface area contributed by atoms with Gasteiger partial charge in [-0.1, -0.05) is 0 Å². The van der Waals surface area contributed by atoms with Crippen molar-refractivity contribution in [3.63, 3.8) is 0 Å². The van der Waals surface area contributed by atoms with Crippen molar-refractivity contribution in [2.45, 2.75) is 37.8 Å². The number of aromatic nitrogens is 1. The molecule has 2 heterocycles. The molecule has 0 aromatic carbocycles. The largest absolute Gasteiger partial charge is 0.383 e. The van der Waals surface area contributed by atoms with Gasteiger partial charge in [0, 0.05) is 45.2 Å². The number of hydrogen-bond donors (Lipinski definition) is 0. The summed E-state index contributed by atoms with van der Waals surface area (Å²) in [7, 11) is 1.77. The first kappa shape index (κ1) is 14.9. The SMILES string of the molecule is COCCN1CC[C@@H](OCC2CC2)[C@H]1Cc1ccncc1. The normalized spacial score (nSPS) is 26.3. The lowest BCUT2D eigenvalue weighted by Gasteiger charge is -2.28. The van der Waals surface area contributed by atoms with Crippen LogP contribution in [0.5, 0.6) is 0 Å². The Hall–Kier alpha value is -0.970. The maximum Gasteiger partial charge on any atom is 0.0745 e. The molecule has 3 rings (SSSR count). The third-order valence-electron chi connectivity index (χ3n) is 4.62. The molecule has 2 fully saturated rings. The lowest BCUT2D eigenvalue weighted by molar-refractivity contribution is 0.0172. The van der Waals surface area contributed by atoms with Crippen LogP contribution in [-0.4, -0.2) is 55.4 Å². The highest BCUT2D eigenvalue weighted by molar-refractivity contribution is 5.13. The van der Waals surface area contributed by atoms with Crippen LogP contribution in [0.15, 0.2) is 24.5 Å². The van der Waals surface area contributed by atoms with Crippen LogP contribution in [0.2, 0.25) is 0 Å². The summed E-state index contributed by atoms with van der Waals surface area (Å²) >= 11 is 0. The zero-order valence-corrected chi connectivity index (χ0v) is 12.9. The van der Waals surface area contributed by atoms with Gasteiger partial charge in [0.15, 0.2) is 0 Å². The Labute approximate surface area is 127 Å². The van der Waals surface area contributed by atoms with Crippen molar-refractivity contribution >= 4 is 0 Å². The van der Waals surface area contributed by atoms with Crippen LogP contribution in [0.25, 0.3) is 0 Å². The Bertz CT molecular complexity index is 422. The van der Waals surface area contributed by atoms with E-state index in [0.717, 1.165) is 45.1 Å². The molecule has 1 saturated heterocycles. The first-order chi connectivity index (χ1) is 10.4. The molecule has 4 nitrogen and oxygen atoms in total. The van der Waals surface area contributed by atoms with E-state index in [9.17, 15) is 0 Å². The van der Waals surface area contributed by atoms with E-state index in [0.29, 0.717) is 12.1 Å². The number of ether oxygens (including phenoxy) is 2. The van der Waals surface area contributed by atoms with Gasteiger partial charge in [0.05, 0.1) is 12.7 Å². The van der Waals surface area contributed by atoms with Gasteiger partial charge < -0.3 is 9.47 Å². The van der Waals surface area contributed by atoms with Crippen molar-refractivity contribution in [2.24, 2.45) is 5.92 Å². The van der Waals surface area contributed by atoms with Gasteiger partial charge in [0.25, 0.3) is 0 Å². The smallest absolute Gasteiger partial charge is 0.0745 e. The molecule has 2 atom stereocenters. The first-order valence-corrected chi connectivity index (χ1v) is 8.10. The second-order valence-electron chi connectivity index (χ2n) is 6.26. The molecule has 0 bridgehead atoms. The molecule has 0 unspecified atom stereocenters. The van der Waals surface area contributed by atoms with Crippen LogP contribution < -0.4 is 0 Å². The summed E-state index contributed by atoms with van der Waals surface area (Å²) in [4.78, 5) is 6.64. The fraction of sp³-hybridized carbons (Fsp3) is 0.706. The summed E-state index contributed by atoms with van der Waals surface area (Å²) in [6, 6.07) is 4.71. The molecule has 1 aromatic rings. The Morgan fingerprint density at radius 1 is 1.24 bits per heavy atom. The van der Waals surface area contributed by atoms with Gasteiger partial charge in [0.1, 0.15) is 0 Å². The lowest BCUT2D eigenvalue weighted by atomic mass is 10.0. The van der Waals surface area contributed by atoms with Crippen molar-refractivity contribution in [2.75, 3.05) is 33.4 Å². The van der Waals surface area contributed by atoms with Crippen LogP contribution in [0.4, 0.5) is 0 Å². The molecule has 2 aliphatic rings. The van der Waals surface area contributed by atoms with Crippen molar-refractivity contribution < 1.29 is 9.47 Å². The Balaban J connectivity index is 1.61. The molecule has 21 heavy (non-hydrogen) atoms. The Morgan fingerprint density at radius 3 is 2.76 bits per heavy atom. The zero-order valence-electron chi connectivity index (χ0n) is 12.9. The quantitative estimate of drug-likeness (QED) is 0.735. The van der Waals surface area contributed by atoms with E-state index >= 15 is 0 Å². The van der Waals surface area contributed by atoms with Gasteiger partial charge in [-0.25, -0.2) is 0 Å². The zero-order chi connectivity index (χ0) is 14.5. The summed E-state index contributed by atoms with van der Waals surface area (Å²) in [6.07, 6.45) is 9.03. The average molecular weight is 290 g/mol. The number of methoxy groups -OCH3 is 1. The minimum absolute atomic E-state index is 0.371. The maximum absolute atomic E-state index is 6.22. The van der Waals surface area contributed by atoms with E-state index in [4.69, 9.17) is 9.47 Å². The van der Waals surface area contributed by atoms with Gasteiger partial charge in [0.2, 0.25) is 0 Å². The third-order valence-corrected chi connectivity index (χ3v) is 4.62. The van der Waals surface area contributed by atoms with E-state index in [-0.39, 0.29) is 0 Å². The van der Waals surface area contributed by atoms with Crippen LogP contribution in [-0.2, 0) is 15.9 Å². The van der Waals surface area contributed by atoms with Crippen LogP contribution in [0.1, 0.15) is 24.8 Å². The second kappa shape index (κ2) is 7.34. The summed E-state index contributed by atoms with van der Waals surface area (Å²) in [6.45, 7) is 3.86. The van der Waals surface area contributed by atoms with Crippen molar-refractivity contribution in [3.8, 4) is 0 Å². The summed E-state index contributed by atoms with van der Waals surface area (Å²) in [5.74, 6) is 0.833. The molecule has 1 aliphatic heterocycles. The Kier molecular flexibility index (Phi) is 5.22. The van der Waals surface area contributed by atoms with Crippen LogP contribution in [0.3, 0.4) is 0 Å². The number of pyridine rings is 1. The maximum atomic E-state index is 6.22. The van der Waals surface area contributed by atoms with Crippen molar-refractivity contribution in [1.29, 1.82) is 0 Å². The molecular weight excluding hydrogens is 264 g/mol. The number of likely N-dealkylation sites (tertiary alicyclic amines) is 1. The second-order valence-corrected chi connectivity index (χ2v) is 6.26. The van der Waals surface area contributed by atoms with E-state index in [1.54, 1.807) is 7.11 Å². The predicted molar refractivity (Wildman–Crippen MR) is 82.3 cm³/mol. The van der Waals surface area contributed by atoms with Crippen molar-refractivity contribution in [1.82, 2.24) is 9.88 Å². The number of rotatable bonds is 8.